The van der Waals surface area contributed by atoms with Crippen molar-refractivity contribution in [1.82, 2.24) is 25.2 Å². The van der Waals surface area contributed by atoms with Crippen LogP contribution >= 0.6 is 24.0 Å². The topological polar surface area (TPSA) is 80.9 Å². The summed E-state index contributed by atoms with van der Waals surface area (Å²) in [5.41, 5.74) is 5.07. The summed E-state index contributed by atoms with van der Waals surface area (Å²) < 4.78 is 0. The van der Waals surface area contributed by atoms with Crippen LogP contribution in [0.1, 0.15) is 11.1 Å². The minimum atomic E-state index is 0. The molecule has 172 valence electrons. The van der Waals surface area contributed by atoms with E-state index in [1.165, 1.54) is 5.56 Å². The van der Waals surface area contributed by atoms with Crippen LogP contribution in [0.4, 0.5) is 23.1 Å². The molecule has 4 N–H and O–H groups in total. The zero-order chi connectivity index (χ0) is 21.9. The summed E-state index contributed by atoms with van der Waals surface area (Å²) in [6, 6.07) is 14.3. The first-order chi connectivity index (χ1) is 15.7. The van der Waals surface area contributed by atoms with Crippen molar-refractivity contribution >= 4 is 58.1 Å². The van der Waals surface area contributed by atoms with E-state index in [1.807, 2.05) is 37.5 Å². The number of nitrogens with zero attached hydrogens (tertiary/aromatic N) is 3. The molecular formula is C24H27Cl2N7. The lowest BCUT2D eigenvalue weighted by molar-refractivity contribution is 0.233. The monoisotopic (exact) mass is 483 g/mol. The number of rotatable bonds is 6. The van der Waals surface area contributed by atoms with Gasteiger partial charge in [-0.1, -0.05) is 23.7 Å². The van der Waals surface area contributed by atoms with Crippen LogP contribution in [0.2, 0.25) is 5.02 Å². The Balaban J connectivity index is 0.00000259. The Morgan fingerprint density at radius 1 is 1.03 bits per heavy atom. The van der Waals surface area contributed by atoms with E-state index >= 15 is 0 Å². The number of hydrogen-bond acceptors (Lipinski definition) is 6. The highest BCUT2D eigenvalue weighted by atomic mass is 35.5. The molecule has 0 radical (unpaired) electrons. The molecule has 1 saturated heterocycles. The molecule has 1 aliphatic rings. The number of H-pyrrole nitrogens is 1. The molecule has 5 rings (SSSR count). The third-order valence-electron chi connectivity index (χ3n) is 5.72. The number of aromatic nitrogens is 3. The fraction of sp³-hybridized carbons (Fsp3) is 0.250. The van der Waals surface area contributed by atoms with E-state index < -0.39 is 0 Å². The van der Waals surface area contributed by atoms with E-state index in [2.05, 4.69) is 55.1 Å². The average Bonchev–Trinajstić information content (AvgIpc) is 3.31. The lowest BCUT2D eigenvalue weighted by atomic mass is 10.2. The van der Waals surface area contributed by atoms with E-state index in [0.29, 0.717) is 11.0 Å². The fourth-order valence-corrected chi connectivity index (χ4v) is 4.16. The molecule has 1 fully saturated rings. The van der Waals surface area contributed by atoms with Gasteiger partial charge in [-0.2, -0.15) is 4.98 Å². The van der Waals surface area contributed by atoms with E-state index in [1.54, 1.807) is 0 Å². The van der Waals surface area contributed by atoms with Gasteiger partial charge in [0.25, 0.3) is 0 Å². The number of hydrogen-bond donors (Lipinski definition) is 4. The Bertz CT molecular complexity index is 1220. The number of aromatic amines is 1. The molecule has 0 bridgehead atoms. The minimum absolute atomic E-state index is 0. The molecule has 0 amide bonds. The van der Waals surface area contributed by atoms with Crippen molar-refractivity contribution in [2.24, 2.45) is 0 Å². The van der Waals surface area contributed by atoms with Gasteiger partial charge in [-0.15, -0.1) is 12.4 Å². The molecule has 3 heterocycles. The number of fused-ring (bicyclic) bond motifs is 1. The van der Waals surface area contributed by atoms with Crippen LogP contribution in [0.3, 0.4) is 0 Å². The summed E-state index contributed by atoms with van der Waals surface area (Å²) >= 11 is 6.29. The molecule has 1 aliphatic heterocycles. The summed E-state index contributed by atoms with van der Waals surface area (Å²) in [5.74, 6) is 1.30. The standard InChI is InChI=1S/C24H26ClN7.ClH/c1-16-14-28-24(29-18-4-2-17(3-5-18)15-32-12-10-26-11-13-32)31-23(16)30-21-7-6-20(25)22-19(21)8-9-27-22;/h2-9,14,26-27H,10-13,15H2,1H3,(H2,28,29,30,31);1H. The number of aryl methyl sites for hydroxylation is 1. The van der Waals surface area contributed by atoms with Crippen molar-refractivity contribution < 1.29 is 0 Å². The van der Waals surface area contributed by atoms with Crippen molar-refractivity contribution in [3.05, 3.63) is 71.0 Å². The normalized spacial score (nSPS) is 14.1. The molecule has 2 aromatic carbocycles. The van der Waals surface area contributed by atoms with Crippen LogP contribution in [0.15, 0.2) is 54.9 Å². The Morgan fingerprint density at radius 3 is 2.61 bits per heavy atom. The molecule has 9 heteroatoms. The zero-order valence-corrected chi connectivity index (χ0v) is 19.9. The Morgan fingerprint density at radius 2 is 1.82 bits per heavy atom. The molecule has 0 saturated carbocycles. The second-order valence-corrected chi connectivity index (χ2v) is 8.47. The molecule has 2 aromatic heterocycles. The third-order valence-corrected chi connectivity index (χ3v) is 6.04. The van der Waals surface area contributed by atoms with Crippen molar-refractivity contribution in [2.45, 2.75) is 13.5 Å². The van der Waals surface area contributed by atoms with Crippen molar-refractivity contribution in [2.75, 3.05) is 36.8 Å². The third kappa shape index (κ3) is 5.39. The maximum atomic E-state index is 6.29. The van der Waals surface area contributed by atoms with Gasteiger partial charge in [0.2, 0.25) is 5.95 Å². The first-order valence-electron chi connectivity index (χ1n) is 10.8. The number of benzene rings is 2. The SMILES string of the molecule is Cc1cnc(Nc2ccc(CN3CCNCC3)cc2)nc1Nc1ccc(Cl)c2[nH]ccc12.Cl. The van der Waals surface area contributed by atoms with Crippen molar-refractivity contribution in [1.29, 1.82) is 0 Å². The van der Waals surface area contributed by atoms with Crippen LogP contribution in [-0.2, 0) is 6.54 Å². The van der Waals surface area contributed by atoms with Gasteiger partial charge in [0.05, 0.1) is 10.5 Å². The number of piperazine rings is 1. The molecule has 0 spiro atoms. The van der Waals surface area contributed by atoms with Crippen molar-refractivity contribution in [3.8, 4) is 0 Å². The largest absolute Gasteiger partial charge is 0.360 e. The van der Waals surface area contributed by atoms with Gasteiger partial charge in [0.1, 0.15) is 5.82 Å². The number of nitrogens with one attached hydrogen (secondary N) is 4. The van der Waals surface area contributed by atoms with Crippen LogP contribution in [0.25, 0.3) is 10.9 Å². The predicted octanol–water partition coefficient (Wildman–Crippen LogP) is 5.23. The second kappa shape index (κ2) is 10.4. The van der Waals surface area contributed by atoms with E-state index in [9.17, 15) is 0 Å². The molecule has 0 atom stereocenters. The minimum Gasteiger partial charge on any atom is -0.360 e. The highest BCUT2D eigenvalue weighted by Crippen LogP contribution is 2.31. The smallest absolute Gasteiger partial charge is 0.229 e. The second-order valence-electron chi connectivity index (χ2n) is 8.06. The fourth-order valence-electron chi connectivity index (χ4n) is 3.94. The maximum absolute atomic E-state index is 6.29. The van der Waals surface area contributed by atoms with Gasteiger partial charge in [0, 0.05) is 67.4 Å². The summed E-state index contributed by atoms with van der Waals surface area (Å²) in [6.45, 7) is 7.27. The van der Waals surface area contributed by atoms with Gasteiger partial charge < -0.3 is 20.9 Å². The molecule has 33 heavy (non-hydrogen) atoms. The van der Waals surface area contributed by atoms with Gasteiger partial charge >= 0.3 is 0 Å². The molecule has 0 aliphatic carbocycles. The number of anilines is 4. The average molecular weight is 484 g/mol. The van der Waals surface area contributed by atoms with Gasteiger partial charge in [-0.3, -0.25) is 4.90 Å². The summed E-state index contributed by atoms with van der Waals surface area (Å²) in [4.78, 5) is 14.8. The van der Waals surface area contributed by atoms with Gasteiger partial charge in [-0.25, -0.2) is 4.98 Å². The van der Waals surface area contributed by atoms with Crippen LogP contribution in [0.5, 0.6) is 0 Å². The Hall–Kier alpha value is -2.84. The van der Waals surface area contributed by atoms with Gasteiger partial charge in [0.15, 0.2) is 0 Å². The highest BCUT2D eigenvalue weighted by molar-refractivity contribution is 6.35. The van der Waals surface area contributed by atoms with Crippen LogP contribution < -0.4 is 16.0 Å². The highest BCUT2D eigenvalue weighted by Gasteiger charge is 2.11. The van der Waals surface area contributed by atoms with Gasteiger partial charge in [-0.05, 0) is 42.8 Å². The van der Waals surface area contributed by atoms with Crippen molar-refractivity contribution in [3.63, 3.8) is 0 Å². The van der Waals surface area contributed by atoms with Crippen LogP contribution in [0, 0.1) is 6.92 Å². The molecule has 4 aromatic rings. The number of halogens is 2. The van der Waals surface area contributed by atoms with E-state index in [4.69, 9.17) is 16.6 Å². The predicted molar refractivity (Wildman–Crippen MR) is 138 cm³/mol. The molecule has 0 unspecified atom stereocenters. The Kier molecular flexibility index (Phi) is 7.35. The molecule has 7 nitrogen and oxygen atoms in total. The lowest BCUT2D eigenvalue weighted by Gasteiger charge is -2.27. The lowest BCUT2D eigenvalue weighted by Crippen LogP contribution is -2.42. The van der Waals surface area contributed by atoms with E-state index in [-0.39, 0.29) is 12.4 Å². The molecular weight excluding hydrogens is 457 g/mol. The Labute approximate surface area is 204 Å². The summed E-state index contributed by atoms with van der Waals surface area (Å²) in [6.07, 6.45) is 3.70. The van der Waals surface area contributed by atoms with Crippen LogP contribution in [-0.4, -0.2) is 46.0 Å². The maximum Gasteiger partial charge on any atom is 0.229 e. The zero-order valence-electron chi connectivity index (χ0n) is 18.4. The first kappa shape index (κ1) is 23.3. The first-order valence-corrected chi connectivity index (χ1v) is 11.2. The quantitative estimate of drug-likeness (QED) is 0.300. The summed E-state index contributed by atoms with van der Waals surface area (Å²) in [7, 11) is 0. The van der Waals surface area contributed by atoms with E-state index in [0.717, 1.165) is 66.4 Å². The summed E-state index contributed by atoms with van der Waals surface area (Å²) in [5, 5.41) is 11.8.